The molecule has 0 bridgehead atoms. The molecule has 1 heterocycles. The van der Waals surface area contributed by atoms with E-state index in [4.69, 9.17) is 16.3 Å². The molecule has 0 radical (unpaired) electrons. The fourth-order valence-corrected chi connectivity index (χ4v) is 4.52. The van der Waals surface area contributed by atoms with E-state index in [1.807, 2.05) is 31.2 Å². The van der Waals surface area contributed by atoms with Gasteiger partial charge in [0.15, 0.2) is 5.78 Å². The van der Waals surface area contributed by atoms with Crippen molar-refractivity contribution in [2.24, 2.45) is 0 Å². The number of hydrogen-bond acceptors (Lipinski definition) is 5. The van der Waals surface area contributed by atoms with Crippen LogP contribution in [-0.2, 0) is 16.0 Å². The minimum Gasteiger partial charge on any atom is -0.466 e. The van der Waals surface area contributed by atoms with Gasteiger partial charge in [-0.3, -0.25) is 23.7 Å². The second kappa shape index (κ2) is 10.9. The molecule has 0 saturated heterocycles. The smallest absolute Gasteiger partial charge is 0.308 e. The second-order valence-electron chi connectivity index (χ2n) is 8.76. The summed E-state index contributed by atoms with van der Waals surface area (Å²) in [5.41, 5.74) is 2.48. The Labute approximate surface area is 214 Å². The van der Waals surface area contributed by atoms with E-state index >= 15 is 0 Å². The Morgan fingerprint density at radius 2 is 1.75 bits per heavy atom. The molecular weight excluding hydrogens is 480 g/mol. The third kappa shape index (κ3) is 5.41. The van der Waals surface area contributed by atoms with Gasteiger partial charge in [-0.15, -0.1) is 0 Å². The Kier molecular flexibility index (Phi) is 7.70. The maximum absolute atomic E-state index is 13.6. The average Bonchev–Trinajstić information content (AvgIpc) is 2.85. The van der Waals surface area contributed by atoms with Crippen molar-refractivity contribution in [2.45, 2.75) is 45.6 Å². The zero-order valence-electron chi connectivity index (χ0n) is 20.2. The third-order valence-electron chi connectivity index (χ3n) is 6.21. The number of ketones is 1. The summed E-state index contributed by atoms with van der Waals surface area (Å²) in [5.74, 6) is -1.25. The lowest BCUT2D eigenvalue weighted by Crippen LogP contribution is -2.38. The van der Waals surface area contributed by atoms with Crippen LogP contribution in [-0.4, -0.2) is 28.8 Å². The Morgan fingerprint density at radius 1 is 1.06 bits per heavy atom. The summed E-state index contributed by atoms with van der Waals surface area (Å²) in [5, 5.41) is 3.33. The van der Waals surface area contributed by atoms with Crippen molar-refractivity contribution in [1.82, 2.24) is 9.88 Å². The van der Waals surface area contributed by atoms with Crippen LogP contribution in [0, 0.1) is 6.92 Å². The van der Waals surface area contributed by atoms with Crippen molar-refractivity contribution in [3.8, 4) is 5.69 Å². The fourth-order valence-electron chi connectivity index (χ4n) is 4.39. The van der Waals surface area contributed by atoms with Gasteiger partial charge >= 0.3 is 5.97 Å². The number of aromatic nitrogens is 1. The molecule has 1 aliphatic carbocycles. The summed E-state index contributed by atoms with van der Waals surface area (Å²) in [6.07, 6.45) is 1.41. The Bertz CT molecular complexity index is 1360. The van der Waals surface area contributed by atoms with E-state index in [0.717, 1.165) is 5.56 Å². The molecule has 1 amide bonds. The summed E-state index contributed by atoms with van der Waals surface area (Å²) in [6.45, 7) is 3.86. The highest BCUT2D eigenvalue weighted by Gasteiger charge is 2.28. The van der Waals surface area contributed by atoms with Crippen molar-refractivity contribution in [1.29, 1.82) is 0 Å². The monoisotopic (exact) mass is 506 g/mol. The largest absolute Gasteiger partial charge is 0.466 e. The molecule has 0 spiro atoms. The first-order chi connectivity index (χ1) is 17.3. The van der Waals surface area contributed by atoms with Crippen LogP contribution in [0.15, 0.2) is 59.4 Å². The van der Waals surface area contributed by atoms with Crippen LogP contribution in [0.3, 0.4) is 0 Å². The van der Waals surface area contributed by atoms with Crippen molar-refractivity contribution >= 4 is 29.3 Å². The van der Waals surface area contributed by atoms with Crippen molar-refractivity contribution in [2.75, 3.05) is 6.61 Å². The van der Waals surface area contributed by atoms with Gasteiger partial charge in [-0.25, -0.2) is 0 Å². The maximum atomic E-state index is 13.6. The molecule has 1 atom stereocenters. The van der Waals surface area contributed by atoms with E-state index in [1.165, 1.54) is 10.6 Å². The van der Waals surface area contributed by atoms with Crippen molar-refractivity contribution in [3.63, 3.8) is 0 Å². The predicted molar refractivity (Wildman–Crippen MR) is 137 cm³/mol. The van der Waals surface area contributed by atoms with E-state index in [9.17, 15) is 19.2 Å². The van der Waals surface area contributed by atoms with Gasteiger partial charge in [0.2, 0.25) is 0 Å². The van der Waals surface area contributed by atoms with Gasteiger partial charge in [0.25, 0.3) is 11.5 Å². The molecule has 7 nitrogen and oxygen atoms in total. The Balaban J connectivity index is 1.77. The molecule has 3 aromatic rings. The lowest BCUT2D eigenvalue weighted by molar-refractivity contribution is -0.143. The van der Waals surface area contributed by atoms with Crippen molar-refractivity contribution in [3.05, 3.63) is 97.9 Å². The molecule has 36 heavy (non-hydrogen) atoms. The molecule has 2 aromatic carbocycles. The molecule has 1 N–H and O–H groups in total. The maximum Gasteiger partial charge on any atom is 0.308 e. The normalized spacial score (nSPS) is 13.6. The second-order valence-corrected chi connectivity index (χ2v) is 9.19. The molecule has 0 unspecified atom stereocenters. The van der Waals surface area contributed by atoms with Gasteiger partial charge in [0.05, 0.1) is 19.1 Å². The summed E-state index contributed by atoms with van der Waals surface area (Å²) in [6, 6.07) is 14.7. The number of fused-ring (bicyclic) bond motifs is 1. The highest BCUT2D eigenvalue weighted by atomic mass is 35.5. The molecule has 1 aromatic heterocycles. The van der Waals surface area contributed by atoms with Crippen LogP contribution in [0.5, 0.6) is 0 Å². The molecule has 1 aliphatic rings. The highest BCUT2D eigenvalue weighted by molar-refractivity contribution is 6.30. The highest BCUT2D eigenvalue weighted by Crippen LogP contribution is 2.25. The van der Waals surface area contributed by atoms with Gasteiger partial charge < -0.3 is 10.1 Å². The first kappa shape index (κ1) is 25.4. The van der Waals surface area contributed by atoms with Crippen LogP contribution in [0.4, 0.5) is 0 Å². The zero-order chi connectivity index (χ0) is 25.8. The lowest BCUT2D eigenvalue weighted by Gasteiger charge is -2.23. The number of aryl methyl sites for hydroxylation is 1. The summed E-state index contributed by atoms with van der Waals surface area (Å²) in [7, 11) is 0. The van der Waals surface area contributed by atoms with Gasteiger partial charge in [-0.05, 0) is 62.6 Å². The van der Waals surface area contributed by atoms with Gasteiger partial charge in [-0.1, -0.05) is 41.4 Å². The number of esters is 1. The Morgan fingerprint density at radius 3 is 2.42 bits per heavy atom. The van der Waals surface area contributed by atoms with Gasteiger partial charge in [0, 0.05) is 28.4 Å². The van der Waals surface area contributed by atoms with E-state index in [0.29, 0.717) is 46.8 Å². The number of carbonyl (C=O) groups excluding carboxylic acids is 3. The zero-order valence-corrected chi connectivity index (χ0v) is 20.9. The number of nitrogens with one attached hydrogen (secondary N) is 1. The van der Waals surface area contributed by atoms with Crippen LogP contribution < -0.4 is 10.9 Å². The number of nitrogens with zero attached hydrogens (tertiary/aromatic N) is 1. The number of amides is 1. The van der Waals surface area contributed by atoms with E-state index in [2.05, 4.69) is 5.32 Å². The summed E-state index contributed by atoms with van der Waals surface area (Å²) in [4.78, 5) is 52.2. The predicted octanol–water partition coefficient (Wildman–Crippen LogP) is 4.74. The molecule has 0 aliphatic heterocycles. The molecule has 0 fully saturated rings. The van der Waals surface area contributed by atoms with E-state index in [-0.39, 0.29) is 24.4 Å². The van der Waals surface area contributed by atoms with Crippen LogP contribution in [0.2, 0.25) is 5.02 Å². The Hall–Kier alpha value is -3.71. The minimum atomic E-state index is -0.715. The summed E-state index contributed by atoms with van der Waals surface area (Å²) < 4.78 is 6.51. The number of halogens is 1. The number of ether oxygens (including phenoxy) is 1. The van der Waals surface area contributed by atoms with Crippen molar-refractivity contribution < 1.29 is 19.1 Å². The molecule has 8 heteroatoms. The molecule has 4 rings (SSSR count). The van der Waals surface area contributed by atoms with E-state index in [1.54, 1.807) is 31.2 Å². The van der Waals surface area contributed by atoms with Crippen LogP contribution in [0.25, 0.3) is 5.69 Å². The number of carbonyl (C=O) groups is 3. The van der Waals surface area contributed by atoms with Gasteiger partial charge in [0.1, 0.15) is 5.56 Å². The quantitative estimate of drug-likeness (QED) is 0.467. The molecular formula is C28H27ClN2O5. The third-order valence-corrected chi connectivity index (χ3v) is 6.46. The SMILES string of the molecule is CCOC(=O)C[C@H](NC(=O)c1cc2c(n(-c3ccc(Cl)cc3)c1=O)CCCC2=O)c1ccc(C)cc1. The molecule has 186 valence electrons. The number of pyridine rings is 1. The standard InChI is InChI=1S/C28H27ClN2O5/c1-3-36-26(33)16-23(18-9-7-17(2)8-10-18)30-27(34)22-15-21-24(5-4-6-25(21)32)31(28(22)35)20-13-11-19(29)12-14-20/h7-15,23H,3-6,16H2,1-2H3,(H,30,34)/t23-/m0/s1. The van der Waals surface area contributed by atoms with Crippen LogP contribution in [0.1, 0.15) is 69.8 Å². The van der Waals surface area contributed by atoms with E-state index < -0.39 is 23.5 Å². The average molecular weight is 507 g/mol. The number of hydrogen-bond donors (Lipinski definition) is 1. The summed E-state index contributed by atoms with van der Waals surface area (Å²) >= 11 is 6.03. The fraction of sp³-hybridized carbons (Fsp3) is 0.286. The minimum absolute atomic E-state index is 0.0993. The number of rotatable bonds is 7. The number of benzene rings is 2. The molecule has 0 saturated carbocycles. The first-order valence-electron chi connectivity index (χ1n) is 11.9. The van der Waals surface area contributed by atoms with Crippen LogP contribution >= 0.6 is 11.6 Å². The lowest BCUT2D eigenvalue weighted by atomic mass is 9.92. The number of Topliss-reactive ketones (excluding diaryl/α,β-unsaturated/α-hetero) is 1. The topological polar surface area (TPSA) is 94.5 Å². The first-order valence-corrected chi connectivity index (χ1v) is 12.3. The van der Waals surface area contributed by atoms with Gasteiger partial charge in [-0.2, -0.15) is 0 Å².